The van der Waals surface area contributed by atoms with E-state index in [4.69, 9.17) is 5.26 Å². The molecule has 0 aliphatic heterocycles. The predicted molar refractivity (Wildman–Crippen MR) is 78.7 cm³/mol. The van der Waals surface area contributed by atoms with Crippen LogP contribution < -0.4 is 0 Å². The molecule has 0 saturated carbocycles. The summed E-state index contributed by atoms with van der Waals surface area (Å²) in [5.41, 5.74) is 1.18. The number of nitrogens with zero attached hydrogens (tertiary/aromatic N) is 1. The van der Waals surface area contributed by atoms with Crippen LogP contribution in [0.3, 0.4) is 0 Å². The Balaban J connectivity index is 2.29. The lowest BCUT2D eigenvalue weighted by molar-refractivity contribution is 1.56. The fraction of sp³-hybridized carbons (Fsp3) is 0. The molecule has 3 aromatic rings. The first-order valence-corrected chi connectivity index (χ1v) is 7.16. The maximum Gasteiger partial charge on any atom is 0.138 e. The van der Waals surface area contributed by atoms with Crippen LogP contribution in [0.1, 0.15) is 0 Å². The molecule has 86 valence electrons. The molecule has 2 aromatic carbocycles. The van der Waals surface area contributed by atoms with Gasteiger partial charge in [-0.05, 0) is 23.4 Å². The van der Waals surface area contributed by atoms with Crippen LogP contribution in [0.15, 0.2) is 59.5 Å². The molecule has 0 radical (unpaired) electrons. The molecular weight excluding hydrogens is 258 g/mol. The molecule has 0 aliphatic carbocycles. The molecule has 3 rings (SSSR count). The number of rotatable bonds is 2. The van der Waals surface area contributed by atoms with Gasteiger partial charge in [0.05, 0.1) is 4.88 Å². The Labute approximate surface area is 114 Å². The van der Waals surface area contributed by atoms with Gasteiger partial charge < -0.3 is 0 Å². The van der Waals surface area contributed by atoms with E-state index in [-0.39, 0.29) is 0 Å². The molecule has 3 heteroatoms. The first-order valence-electron chi connectivity index (χ1n) is 5.53. The first kappa shape index (κ1) is 11.3. The van der Waals surface area contributed by atoms with Crippen molar-refractivity contribution in [2.75, 3.05) is 0 Å². The van der Waals surface area contributed by atoms with Gasteiger partial charge in [0, 0.05) is 15.0 Å². The fourth-order valence-corrected chi connectivity index (χ4v) is 3.96. The van der Waals surface area contributed by atoms with Gasteiger partial charge in [-0.3, -0.25) is 0 Å². The fourth-order valence-electron chi connectivity index (χ4n) is 1.95. The van der Waals surface area contributed by atoms with Crippen LogP contribution in [-0.4, -0.2) is 0 Å². The van der Waals surface area contributed by atoms with Crippen molar-refractivity contribution in [3.8, 4) is 15.8 Å². The van der Waals surface area contributed by atoms with Gasteiger partial charge in [0.1, 0.15) is 5.40 Å². The minimum atomic E-state index is 1.07. The monoisotopic (exact) mass is 267 g/mol. The lowest BCUT2D eigenvalue weighted by atomic mass is 10.1. The topological polar surface area (TPSA) is 23.8 Å². The summed E-state index contributed by atoms with van der Waals surface area (Å²) < 4.78 is 1.23. The molecule has 1 nitrogen and oxygen atoms in total. The highest BCUT2D eigenvalue weighted by molar-refractivity contribution is 8.04. The van der Waals surface area contributed by atoms with Crippen molar-refractivity contribution >= 4 is 33.2 Å². The molecule has 0 N–H and O–H groups in total. The quantitative estimate of drug-likeness (QED) is 0.474. The van der Waals surface area contributed by atoms with E-state index in [0.717, 1.165) is 4.90 Å². The molecular formula is C15H9NS2. The Bertz CT molecular complexity index is 723. The zero-order valence-electron chi connectivity index (χ0n) is 9.46. The number of hydrogen-bond acceptors (Lipinski definition) is 3. The van der Waals surface area contributed by atoms with E-state index in [0.29, 0.717) is 0 Å². The SMILES string of the molecule is N#CSc1c(-c2ccccc2)sc2ccccc12. The maximum atomic E-state index is 8.99. The number of thiophene rings is 1. The number of thioether (sulfide) groups is 1. The van der Waals surface area contributed by atoms with Crippen LogP contribution in [0.25, 0.3) is 20.5 Å². The van der Waals surface area contributed by atoms with E-state index < -0.39 is 0 Å². The highest BCUT2D eigenvalue weighted by Gasteiger charge is 2.13. The van der Waals surface area contributed by atoms with E-state index in [9.17, 15) is 0 Å². The third kappa shape index (κ3) is 1.90. The second-order valence-electron chi connectivity index (χ2n) is 3.82. The number of hydrogen-bond donors (Lipinski definition) is 0. The highest BCUT2D eigenvalue weighted by atomic mass is 32.2. The Kier molecular flexibility index (Phi) is 3.06. The zero-order chi connectivity index (χ0) is 12.4. The molecule has 0 spiro atoms. The maximum absolute atomic E-state index is 8.99. The smallest absolute Gasteiger partial charge is 0.138 e. The molecule has 0 fully saturated rings. The van der Waals surface area contributed by atoms with Crippen molar-refractivity contribution in [1.82, 2.24) is 0 Å². The summed E-state index contributed by atoms with van der Waals surface area (Å²) in [6, 6.07) is 18.5. The summed E-state index contributed by atoms with van der Waals surface area (Å²) in [4.78, 5) is 2.26. The van der Waals surface area contributed by atoms with Crippen molar-refractivity contribution in [1.29, 1.82) is 5.26 Å². The Morgan fingerprint density at radius 1 is 0.944 bits per heavy atom. The summed E-state index contributed by atoms with van der Waals surface area (Å²) in [5, 5.41) is 12.4. The van der Waals surface area contributed by atoms with Gasteiger partial charge >= 0.3 is 0 Å². The third-order valence-corrected chi connectivity index (χ3v) is 4.80. The van der Waals surface area contributed by atoms with Gasteiger partial charge in [0.25, 0.3) is 0 Å². The molecule has 0 bridgehead atoms. The van der Waals surface area contributed by atoms with Crippen LogP contribution in [0.2, 0.25) is 0 Å². The molecule has 0 amide bonds. The van der Waals surface area contributed by atoms with Gasteiger partial charge in [0.2, 0.25) is 0 Å². The van der Waals surface area contributed by atoms with Crippen LogP contribution in [-0.2, 0) is 0 Å². The van der Waals surface area contributed by atoms with Gasteiger partial charge in [-0.15, -0.1) is 11.3 Å². The number of nitriles is 1. The van der Waals surface area contributed by atoms with Gasteiger partial charge in [-0.25, -0.2) is 0 Å². The van der Waals surface area contributed by atoms with Crippen LogP contribution in [0.5, 0.6) is 0 Å². The molecule has 1 heterocycles. The first-order chi connectivity index (χ1) is 8.90. The standard InChI is InChI=1S/C15H9NS2/c16-10-17-15-12-8-4-5-9-13(12)18-14(15)11-6-2-1-3-7-11/h1-9H. The minimum absolute atomic E-state index is 1.07. The van der Waals surface area contributed by atoms with Gasteiger partial charge in [-0.1, -0.05) is 48.5 Å². The Hall–Kier alpha value is -1.76. The number of fused-ring (bicyclic) bond motifs is 1. The molecule has 0 unspecified atom stereocenters. The van der Waals surface area contributed by atoms with E-state index in [2.05, 4.69) is 29.7 Å². The second kappa shape index (κ2) is 4.85. The number of benzene rings is 2. The molecule has 0 saturated heterocycles. The van der Waals surface area contributed by atoms with E-state index in [1.807, 2.05) is 30.3 Å². The Morgan fingerprint density at radius 2 is 1.67 bits per heavy atom. The normalized spacial score (nSPS) is 10.4. The summed E-state index contributed by atoms with van der Waals surface area (Å²) in [6.07, 6.45) is 0. The average Bonchev–Trinajstić information content (AvgIpc) is 2.80. The molecule has 0 aliphatic rings. The van der Waals surface area contributed by atoms with Crippen molar-refractivity contribution < 1.29 is 0 Å². The van der Waals surface area contributed by atoms with Crippen molar-refractivity contribution in [2.45, 2.75) is 4.90 Å². The van der Waals surface area contributed by atoms with E-state index in [1.165, 1.54) is 32.3 Å². The zero-order valence-corrected chi connectivity index (χ0v) is 11.1. The van der Waals surface area contributed by atoms with Gasteiger partial charge in [-0.2, -0.15) is 5.26 Å². The lowest BCUT2D eigenvalue weighted by Gasteiger charge is -1.99. The van der Waals surface area contributed by atoms with Crippen LogP contribution in [0, 0.1) is 10.7 Å². The second-order valence-corrected chi connectivity index (χ2v) is 5.66. The van der Waals surface area contributed by atoms with Crippen molar-refractivity contribution in [2.24, 2.45) is 0 Å². The van der Waals surface area contributed by atoms with Crippen LogP contribution >= 0.6 is 23.1 Å². The highest BCUT2D eigenvalue weighted by Crippen LogP contribution is 2.43. The van der Waals surface area contributed by atoms with E-state index in [1.54, 1.807) is 11.3 Å². The molecule has 1 aromatic heterocycles. The third-order valence-electron chi connectivity index (χ3n) is 2.73. The largest absolute Gasteiger partial charge is 0.185 e. The summed E-state index contributed by atoms with van der Waals surface area (Å²) >= 11 is 2.99. The van der Waals surface area contributed by atoms with Crippen molar-refractivity contribution in [3.63, 3.8) is 0 Å². The average molecular weight is 267 g/mol. The summed E-state index contributed by atoms with van der Waals surface area (Å²) in [7, 11) is 0. The van der Waals surface area contributed by atoms with Crippen LogP contribution in [0.4, 0.5) is 0 Å². The molecule has 18 heavy (non-hydrogen) atoms. The van der Waals surface area contributed by atoms with Crippen molar-refractivity contribution in [3.05, 3.63) is 54.6 Å². The van der Waals surface area contributed by atoms with Gasteiger partial charge in [0.15, 0.2) is 0 Å². The Morgan fingerprint density at radius 3 is 2.44 bits per heavy atom. The molecule has 0 atom stereocenters. The van der Waals surface area contributed by atoms with E-state index >= 15 is 0 Å². The predicted octanol–water partition coefficient (Wildman–Crippen LogP) is 5.14. The summed E-state index contributed by atoms with van der Waals surface area (Å²) in [6.45, 7) is 0. The lowest BCUT2D eigenvalue weighted by Crippen LogP contribution is -1.74. The number of thiocyanates is 1. The minimum Gasteiger partial charge on any atom is -0.185 e. The summed E-state index contributed by atoms with van der Waals surface area (Å²) in [5.74, 6) is 0.